The molecular formula is C13H13NO4S2. The summed E-state index contributed by atoms with van der Waals surface area (Å²) in [4.78, 5) is 37.9. The molecule has 1 fully saturated rings. The smallest absolute Gasteiger partial charge is 0.329 e. The van der Waals surface area contributed by atoms with Crippen LogP contribution in [0.4, 0.5) is 4.79 Å². The van der Waals surface area contributed by atoms with Crippen LogP contribution < -0.4 is 0 Å². The van der Waals surface area contributed by atoms with Gasteiger partial charge >= 0.3 is 5.97 Å². The van der Waals surface area contributed by atoms with Gasteiger partial charge in [0.15, 0.2) is 0 Å². The van der Waals surface area contributed by atoms with Crippen LogP contribution in [0.2, 0.25) is 0 Å². The summed E-state index contributed by atoms with van der Waals surface area (Å²) in [7, 11) is 0. The molecule has 7 heteroatoms. The van der Waals surface area contributed by atoms with Crippen molar-refractivity contribution >= 4 is 46.3 Å². The standard InChI is InChI=1S/C13H13NO4S2/c1-3-18-12(16)8(2)14-11(15)10(20-13(14)17)7-9-5-4-6-19-9/h4-8H,3H2,1-2H3. The molecule has 1 saturated heterocycles. The maximum atomic E-state index is 12.2. The first-order valence-electron chi connectivity index (χ1n) is 6.01. The number of thioether (sulfide) groups is 1. The summed E-state index contributed by atoms with van der Waals surface area (Å²) in [6, 6.07) is 2.81. The Balaban J connectivity index is 2.19. The van der Waals surface area contributed by atoms with E-state index in [1.165, 1.54) is 18.3 Å². The molecule has 1 unspecified atom stereocenters. The highest BCUT2D eigenvalue weighted by molar-refractivity contribution is 8.18. The van der Waals surface area contributed by atoms with Crippen molar-refractivity contribution in [2.45, 2.75) is 19.9 Å². The van der Waals surface area contributed by atoms with Crippen LogP contribution in [0.15, 0.2) is 22.4 Å². The predicted molar refractivity (Wildman–Crippen MR) is 78.2 cm³/mol. The fourth-order valence-corrected chi connectivity index (χ4v) is 3.32. The van der Waals surface area contributed by atoms with Crippen LogP contribution in [-0.2, 0) is 14.3 Å². The molecule has 1 aromatic heterocycles. The maximum Gasteiger partial charge on any atom is 0.329 e. The number of hydrogen-bond donors (Lipinski definition) is 0. The van der Waals surface area contributed by atoms with Crippen LogP contribution in [0.3, 0.4) is 0 Å². The van der Waals surface area contributed by atoms with Gasteiger partial charge in [0.05, 0.1) is 11.5 Å². The van der Waals surface area contributed by atoms with Gasteiger partial charge in [0.25, 0.3) is 11.1 Å². The SMILES string of the molecule is CCOC(=O)C(C)N1C(=O)SC(=Cc2cccs2)C1=O. The van der Waals surface area contributed by atoms with E-state index in [0.29, 0.717) is 4.91 Å². The van der Waals surface area contributed by atoms with Crippen molar-refractivity contribution < 1.29 is 19.1 Å². The third-order valence-electron chi connectivity index (χ3n) is 2.66. The molecule has 2 heterocycles. The van der Waals surface area contributed by atoms with Crippen molar-refractivity contribution in [3.63, 3.8) is 0 Å². The van der Waals surface area contributed by atoms with Gasteiger partial charge in [0.1, 0.15) is 6.04 Å². The monoisotopic (exact) mass is 311 g/mol. The van der Waals surface area contributed by atoms with E-state index in [1.54, 1.807) is 13.0 Å². The zero-order valence-corrected chi connectivity index (χ0v) is 12.6. The van der Waals surface area contributed by atoms with E-state index in [2.05, 4.69) is 0 Å². The zero-order valence-electron chi connectivity index (χ0n) is 11.0. The number of esters is 1. The van der Waals surface area contributed by atoms with E-state index in [9.17, 15) is 14.4 Å². The highest BCUT2D eigenvalue weighted by Crippen LogP contribution is 2.34. The summed E-state index contributed by atoms with van der Waals surface area (Å²) in [6.45, 7) is 3.38. The van der Waals surface area contributed by atoms with E-state index in [4.69, 9.17) is 4.74 Å². The average Bonchev–Trinajstić information content (AvgIpc) is 2.99. The summed E-state index contributed by atoms with van der Waals surface area (Å²) in [5.41, 5.74) is 0. The van der Waals surface area contributed by atoms with Gasteiger partial charge in [-0.25, -0.2) is 4.79 Å². The number of carbonyl (C=O) groups is 3. The first-order valence-corrected chi connectivity index (χ1v) is 7.71. The molecule has 5 nitrogen and oxygen atoms in total. The molecule has 1 atom stereocenters. The Bertz CT molecular complexity index is 565. The Morgan fingerprint density at radius 3 is 2.85 bits per heavy atom. The first kappa shape index (κ1) is 14.8. The Kier molecular flexibility index (Phi) is 4.61. The Labute approximate surface area is 124 Å². The van der Waals surface area contributed by atoms with Gasteiger partial charge in [-0.2, -0.15) is 0 Å². The molecule has 106 valence electrons. The Morgan fingerprint density at radius 2 is 2.25 bits per heavy atom. The first-order chi connectivity index (χ1) is 9.54. The van der Waals surface area contributed by atoms with Gasteiger partial charge in [-0.1, -0.05) is 6.07 Å². The minimum Gasteiger partial charge on any atom is -0.464 e. The molecule has 0 radical (unpaired) electrons. The second-order valence-electron chi connectivity index (χ2n) is 4.00. The Hall–Kier alpha value is -1.60. The van der Waals surface area contributed by atoms with Gasteiger partial charge in [-0.15, -0.1) is 11.3 Å². The van der Waals surface area contributed by atoms with E-state index < -0.39 is 23.2 Å². The lowest BCUT2D eigenvalue weighted by atomic mass is 10.3. The average molecular weight is 311 g/mol. The van der Waals surface area contributed by atoms with E-state index in [1.807, 2.05) is 17.5 Å². The summed E-state index contributed by atoms with van der Waals surface area (Å²) >= 11 is 2.31. The number of ether oxygens (including phenoxy) is 1. The van der Waals surface area contributed by atoms with Crippen molar-refractivity contribution in [3.8, 4) is 0 Å². The van der Waals surface area contributed by atoms with Gasteiger partial charge in [-0.05, 0) is 43.1 Å². The molecule has 0 bridgehead atoms. The number of amides is 2. The fourth-order valence-electron chi connectivity index (χ4n) is 1.68. The van der Waals surface area contributed by atoms with Gasteiger partial charge in [-0.3, -0.25) is 14.5 Å². The highest BCUT2D eigenvalue weighted by atomic mass is 32.2. The van der Waals surface area contributed by atoms with Crippen LogP contribution in [-0.4, -0.2) is 34.7 Å². The lowest BCUT2D eigenvalue weighted by Crippen LogP contribution is -2.42. The highest BCUT2D eigenvalue weighted by Gasteiger charge is 2.41. The maximum absolute atomic E-state index is 12.2. The minimum absolute atomic E-state index is 0.213. The normalized spacial score (nSPS) is 18.7. The molecule has 0 saturated carbocycles. The second-order valence-corrected chi connectivity index (χ2v) is 5.97. The number of imide groups is 1. The van der Waals surface area contributed by atoms with Crippen LogP contribution in [0.1, 0.15) is 18.7 Å². The molecule has 20 heavy (non-hydrogen) atoms. The van der Waals surface area contributed by atoms with Crippen molar-refractivity contribution in [3.05, 3.63) is 27.3 Å². The Morgan fingerprint density at radius 1 is 1.50 bits per heavy atom. The van der Waals surface area contributed by atoms with E-state index in [-0.39, 0.29) is 6.61 Å². The van der Waals surface area contributed by atoms with Gasteiger partial charge in [0.2, 0.25) is 0 Å². The van der Waals surface area contributed by atoms with E-state index in [0.717, 1.165) is 21.5 Å². The van der Waals surface area contributed by atoms with Crippen molar-refractivity contribution in [2.24, 2.45) is 0 Å². The summed E-state index contributed by atoms with van der Waals surface area (Å²) in [6.07, 6.45) is 1.66. The molecule has 2 amide bonds. The topological polar surface area (TPSA) is 63.7 Å². The third kappa shape index (κ3) is 2.94. The minimum atomic E-state index is -0.906. The van der Waals surface area contributed by atoms with Crippen LogP contribution in [0.25, 0.3) is 6.08 Å². The number of hydrogen-bond acceptors (Lipinski definition) is 6. The fraction of sp³-hybridized carbons (Fsp3) is 0.308. The summed E-state index contributed by atoms with van der Waals surface area (Å²) < 4.78 is 4.84. The summed E-state index contributed by atoms with van der Waals surface area (Å²) in [5, 5.41) is 1.44. The third-order valence-corrected chi connectivity index (χ3v) is 4.36. The number of thiophene rings is 1. The van der Waals surface area contributed by atoms with Crippen LogP contribution in [0.5, 0.6) is 0 Å². The molecule has 0 aliphatic carbocycles. The quantitative estimate of drug-likeness (QED) is 0.632. The summed E-state index contributed by atoms with van der Waals surface area (Å²) in [5.74, 6) is -1.03. The largest absolute Gasteiger partial charge is 0.464 e. The second kappa shape index (κ2) is 6.23. The van der Waals surface area contributed by atoms with Crippen LogP contribution >= 0.6 is 23.1 Å². The molecule has 1 aliphatic heterocycles. The van der Waals surface area contributed by atoms with Crippen LogP contribution in [0, 0.1) is 0 Å². The van der Waals surface area contributed by atoms with Crippen molar-refractivity contribution in [1.29, 1.82) is 0 Å². The molecular weight excluding hydrogens is 298 g/mol. The van der Waals surface area contributed by atoms with Gasteiger partial charge in [0, 0.05) is 4.88 Å². The molecule has 0 aromatic carbocycles. The van der Waals surface area contributed by atoms with Crippen molar-refractivity contribution in [2.75, 3.05) is 6.61 Å². The zero-order chi connectivity index (χ0) is 14.7. The number of nitrogens with zero attached hydrogens (tertiary/aromatic N) is 1. The van der Waals surface area contributed by atoms with E-state index >= 15 is 0 Å². The predicted octanol–water partition coefficient (Wildman–Crippen LogP) is 2.74. The van der Waals surface area contributed by atoms with Gasteiger partial charge < -0.3 is 4.74 Å². The number of rotatable bonds is 4. The number of carbonyl (C=O) groups excluding carboxylic acids is 3. The lowest BCUT2D eigenvalue weighted by molar-refractivity contribution is -0.150. The lowest BCUT2D eigenvalue weighted by Gasteiger charge is -2.19. The molecule has 1 aromatic rings. The molecule has 2 rings (SSSR count). The van der Waals surface area contributed by atoms with Crippen molar-refractivity contribution in [1.82, 2.24) is 4.90 Å². The molecule has 0 N–H and O–H groups in total. The molecule has 1 aliphatic rings. The molecule has 0 spiro atoms.